The smallest absolute Gasteiger partial charge is 0.336 e. The van der Waals surface area contributed by atoms with E-state index < -0.39 is 45.3 Å². The molecule has 1 heterocycles. The first-order valence-electron chi connectivity index (χ1n) is 22.7. The summed E-state index contributed by atoms with van der Waals surface area (Å²) in [5.41, 5.74) is 1.51. The molecule has 23 heteroatoms. The number of aliphatic hydroxyl groups excluding tert-OH is 1. The number of carbonyl (C=O) groups excluding carboxylic acids is 1. The van der Waals surface area contributed by atoms with Crippen LogP contribution in [0.1, 0.15) is 59.7 Å². The average molecular weight is 1080 g/mol. The number of rotatable bonds is 25. The number of hydrogen-bond acceptors (Lipinski definition) is 18. The van der Waals surface area contributed by atoms with Crippen LogP contribution in [0.5, 0.6) is 40.2 Å². The van der Waals surface area contributed by atoms with Crippen LogP contribution in [0.4, 0.5) is 5.82 Å². The van der Waals surface area contributed by atoms with E-state index in [0.29, 0.717) is 29.5 Å². The van der Waals surface area contributed by atoms with Crippen molar-refractivity contribution in [1.82, 2.24) is 9.97 Å². The van der Waals surface area contributed by atoms with E-state index in [1.165, 1.54) is 91.3 Å². The number of aliphatic hydroxyl groups is 1. The van der Waals surface area contributed by atoms with Crippen LogP contribution in [-0.4, -0.2) is 107 Å². The highest BCUT2D eigenvalue weighted by molar-refractivity contribution is 7.91. The van der Waals surface area contributed by atoms with Crippen LogP contribution in [0.2, 0.25) is 0 Å². The molecule has 20 nitrogen and oxygen atoms in total. The Morgan fingerprint density at radius 1 is 0.649 bits per heavy atom. The number of carboxylic acids is 1. The molecule has 0 bridgehead atoms. The van der Waals surface area contributed by atoms with Gasteiger partial charge < -0.3 is 53.0 Å². The molecule has 0 saturated carbocycles. The van der Waals surface area contributed by atoms with Gasteiger partial charge in [0.05, 0.1) is 79.7 Å². The molecular formula is C51H58N3O17PS2. The Kier molecular flexibility index (Phi) is 21.1. The lowest BCUT2D eigenvalue weighted by atomic mass is 10.2. The molecule has 396 valence electrons. The van der Waals surface area contributed by atoms with Crippen molar-refractivity contribution in [2.24, 2.45) is 0 Å². The van der Waals surface area contributed by atoms with Gasteiger partial charge in [-0.2, -0.15) is 0 Å². The predicted octanol–water partition coefficient (Wildman–Crippen LogP) is 9.02. The van der Waals surface area contributed by atoms with Crippen LogP contribution in [0.25, 0.3) is 0 Å². The summed E-state index contributed by atoms with van der Waals surface area (Å²) in [6, 6.07) is 28.0. The number of aromatic carboxylic acids is 1. The zero-order valence-electron chi connectivity index (χ0n) is 41.6. The van der Waals surface area contributed by atoms with Crippen molar-refractivity contribution in [3.05, 3.63) is 144 Å². The molecule has 0 saturated heterocycles. The van der Waals surface area contributed by atoms with Crippen LogP contribution in [0.3, 0.4) is 0 Å². The fraction of sp³-hybridized carbons (Fsp3) is 0.294. The van der Waals surface area contributed by atoms with Gasteiger partial charge in [0.2, 0.25) is 0 Å². The van der Waals surface area contributed by atoms with Gasteiger partial charge in [-0.1, -0.05) is 12.1 Å². The standard InChI is InChI=1S/C26H32N3O9PS.C25H26O8S/c1-5-35-39(32,36-6-2)17-20-14-28-25(15-27-20)29-26(31)19-11-22(37-18(3)16-30)13-23(12-19)38-21-7-9-24(10-8-21)40(4,33)34;1-17(15-31-16-18-4-6-20(30-2)7-5-18)32-22-12-19(25(26)27)13-23(14-22)33-21-8-10-24(11-9-21)34(3,28)29/h7-15,18,30H,5-6,16-17H2,1-4H3,(H,28,29,31);4-14,17H,15-16H2,1-3H3,(H,26,27)/t18-;17-/m00/s1. The van der Waals surface area contributed by atoms with Gasteiger partial charge >= 0.3 is 13.6 Å². The molecule has 0 fully saturated rings. The third-order valence-corrected chi connectivity index (χ3v) is 14.2. The van der Waals surface area contributed by atoms with Crippen LogP contribution in [0, 0.1) is 0 Å². The lowest BCUT2D eigenvalue weighted by Gasteiger charge is -2.17. The minimum Gasteiger partial charge on any atom is -0.497 e. The Bertz CT molecular complexity index is 3080. The number of benzene rings is 5. The molecule has 5 aromatic carbocycles. The predicted molar refractivity (Wildman–Crippen MR) is 274 cm³/mol. The summed E-state index contributed by atoms with van der Waals surface area (Å²) in [5.74, 6) is 0.984. The van der Waals surface area contributed by atoms with Gasteiger partial charge in [0.25, 0.3) is 5.91 Å². The van der Waals surface area contributed by atoms with Crippen molar-refractivity contribution < 1.29 is 78.7 Å². The van der Waals surface area contributed by atoms with E-state index in [1.807, 2.05) is 31.2 Å². The van der Waals surface area contributed by atoms with Crippen LogP contribution in [-0.2, 0) is 50.8 Å². The first-order valence-corrected chi connectivity index (χ1v) is 28.2. The molecule has 0 radical (unpaired) electrons. The quantitative estimate of drug-likeness (QED) is 0.0451. The maximum Gasteiger partial charge on any atom is 0.336 e. The van der Waals surface area contributed by atoms with E-state index in [4.69, 9.17) is 37.5 Å². The highest BCUT2D eigenvalue weighted by atomic mass is 32.2. The van der Waals surface area contributed by atoms with Crippen molar-refractivity contribution in [1.29, 1.82) is 0 Å². The van der Waals surface area contributed by atoms with Gasteiger partial charge in [-0.3, -0.25) is 14.3 Å². The Morgan fingerprint density at radius 2 is 1.14 bits per heavy atom. The van der Waals surface area contributed by atoms with Crippen molar-refractivity contribution in [2.75, 3.05) is 51.4 Å². The van der Waals surface area contributed by atoms with Gasteiger partial charge in [-0.25, -0.2) is 26.6 Å². The van der Waals surface area contributed by atoms with Crippen LogP contribution in [0.15, 0.2) is 131 Å². The molecule has 0 spiro atoms. The van der Waals surface area contributed by atoms with E-state index in [1.54, 1.807) is 33.9 Å². The number of hydrogen-bond donors (Lipinski definition) is 3. The highest BCUT2D eigenvalue weighted by Gasteiger charge is 2.25. The number of aromatic nitrogens is 2. The van der Waals surface area contributed by atoms with Gasteiger partial charge in [-0.15, -0.1) is 0 Å². The Labute approximate surface area is 429 Å². The minimum absolute atomic E-state index is 0.00777. The summed E-state index contributed by atoms with van der Waals surface area (Å²) in [4.78, 5) is 33.3. The molecule has 0 aliphatic heterocycles. The second-order valence-corrected chi connectivity index (χ2v) is 22.3. The average Bonchev–Trinajstić information content (AvgIpc) is 3.34. The van der Waals surface area contributed by atoms with Crippen molar-refractivity contribution in [2.45, 2.75) is 62.5 Å². The van der Waals surface area contributed by atoms with E-state index in [-0.39, 0.29) is 82.7 Å². The number of nitrogens with zero attached hydrogens (tertiary/aromatic N) is 2. The summed E-state index contributed by atoms with van der Waals surface area (Å²) in [6.07, 6.45) is 3.94. The molecule has 6 aromatic rings. The summed E-state index contributed by atoms with van der Waals surface area (Å²) in [6.45, 7) is 7.76. The molecule has 3 N–H and O–H groups in total. The summed E-state index contributed by atoms with van der Waals surface area (Å²) in [7, 11) is -8.46. The summed E-state index contributed by atoms with van der Waals surface area (Å²) in [5, 5.41) is 21.5. The van der Waals surface area contributed by atoms with E-state index in [9.17, 15) is 41.2 Å². The number of carboxylic acid groups (broad SMARTS) is 1. The number of anilines is 1. The highest BCUT2D eigenvalue weighted by Crippen LogP contribution is 2.50. The largest absolute Gasteiger partial charge is 0.497 e. The first-order chi connectivity index (χ1) is 35.1. The topological polar surface area (TPSA) is 272 Å². The molecule has 0 unspecified atom stereocenters. The van der Waals surface area contributed by atoms with Crippen molar-refractivity contribution in [3.63, 3.8) is 0 Å². The number of ether oxygens (including phenoxy) is 6. The van der Waals surface area contributed by atoms with Crippen molar-refractivity contribution >= 4 is 45.0 Å². The van der Waals surface area contributed by atoms with Crippen LogP contribution >= 0.6 is 7.60 Å². The van der Waals surface area contributed by atoms with E-state index >= 15 is 0 Å². The maximum atomic E-state index is 13.1. The molecular weight excluding hydrogens is 1020 g/mol. The van der Waals surface area contributed by atoms with Gasteiger partial charge in [0.1, 0.15) is 52.5 Å². The number of amides is 1. The SMILES string of the molecule is CCOP(=O)(Cc1cnc(NC(=O)c2cc(Oc3ccc(S(C)(=O)=O)cc3)cc(O[C@@H](C)CO)c2)cn1)OCC.COc1ccc(COC[C@H](C)Oc2cc(Oc3ccc(S(C)(=O)=O)cc3)cc(C(=O)O)c2)cc1. The molecule has 6 rings (SSSR count). The first kappa shape index (κ1) is 58.0. The lowest BCUT2D eigenvalue weighted by molar-refractivity contribution is 0.0490. The summed E-state index contributed by atoms with van der Waals surface area (Å²) < 4.78 is 104. The Hall–Kier alpha value is -6.91. The van der Waals surface area contributed by atoms with E-state index in [0.717, 1.165) is 23.8 Å². The lowest BCUT2D eigenvalue weighted by Crippen LogP contribution is -2.19. The summed E-state index contributed by atoms with van der Waals surface area (Å²) >= 11 is 0. The molecule has 0 aliphatic carbocycles. The van der Waals surface area contributed by atoms with Crippen LogP contribution < -0.4 is 29.0 Å². The van der Waals surface area contributed by atoms with E-state index in [2.05, 4.69) is 15.3 Å². The zero-order chi connectivity index (χ0) is 54.1. The Balaban J connectivity index is 0.000000278. The molecule has 74 heavy (non-hydrogen) atoms. The molecule has 0 aliphatic rings. The maximum absolute atomic E-state index is 13.1. The zero-order valence-corrected chi connectivity index (χ0v) is 44.1. The van der Waals surface area contributed by atoms with Gasteiger partial charge in [0, 0.05) is 30.2 Å². The third-order valence-electron chi connectivity index (χ3n) is 9.91. The number of carbonyl (C=O) groups is 2. The Morgan fingerprint density at radius 3 is 1.59 bits per heavy atom. The fourth-order valence-corrected chi connectivity index (χ4v) is 9.31. The number of sulfone groups is 2. The monoisotopic (exact) mass is 1080 g/mol. The minimum atomic E-state index is -3.37. The second kappa shape index (κ2) is 26.9. The number of methoxy groups -OCH3 is 1. The van der Waals surface area contributed by atoms with Gasteiger partial charge in [-0.05, 0) is 118 Å². The molecule has 1 amide bonds. The fourth-order valence-electron chi connectivity index (χ4n) is 6.44. The third kappa shape index (κ3) is 18.5. The van der Waals surface area contributed by atoms with Gasteiger partial charge in [0.15, 0.2) is 25.5 Å². The molecule has 2 atom stereocenters. The normalized spacial score (nSPS) is 12.3. The van der Waals surface area contributed by atoms with Crippen molar-refractivity contribution in [3.8, 4) is 40.2 Å². The second-order valence-electron chi connectivity index (χ2n) is 16.2. The molecule has 1 aromatic heterocycles. The number of nitrogens with one attached hydrogen (secondary N) is 1.